The Bertz CT molecular complexity index is 1330. The van der Waals surface area contributed by atoms with E-state index in [1.54, 1.807) is 6.07 Å². The minimum absolute atomic E-state index is 0. The number of nitrogens with zero attached hydrogens (tertiary/aromatic N) is 3. The number of furan rings is 1. The van der Waals surface area contributed by atoms with Crippen LogP contribution in [0.1, 0.15) is 18.1 Å². The number of para-hydroxylation sites is 2. The molecule has 0 atom stereocenters. The van der Waals surface area contributed by atoms with E-state index < -0.39 is 15.6 Å². The van der Waals surface area contributed by atoms with Crippen molar-refractivity contribution >= 4 is 37.6 Å². The first kappa shape index (κ1) is 41.1. The number of nitriles is 1. The summed E-state index contributed by atoms with van der Waals surface area (Å²) in [6, 6.07) is 15.0. The van der Waals surface area contributed by atoms with Crippen molar-refractivity contribution in [1.29, 1.82) is 5.26 Å². The Morgan fingerprint density at radius 1 is 0.622 bits per heavy atom. The zero-order valence-corrected chi connectivity index (χ0v) is 26.2. The van der Waals surface area contributed by atoms with Crippen LogP contribution in [0.2, 0.25) is 0 Å². The molecule has 3 aliphatic heterocycles. The molecule has 4 bridgehead atoms. The van der Waals surface area contributed by atoms with Crippen molar-refractivity contribution < 1.29 is 71.8 Å². The molecule has 0 aliphatic carbocycles. The number of benzene rings is 2. The van der Waals surface area contributed by atoms with E-state index in [1.807, 2.05) is 0 Å². The minimum Gasteiger partial charge on any atom is -0.455 e. The number of nitrogens with one attached hydrogen (secondary N) is 2. The fourth-order valence-corrected chi connectivity index (χ4v) is 4.41. The van der Waals surface area contributed by atoms with E-state index in [1.165, 1.54) is 28.8 Å². The van der Waals surface area contributed by atoms with Gasteiger partial charge in [-0.25, -0.2) is 0 Å². The van der Waals surface area contributed by atoms with Crippen LogP contribution in [-0.4, -0.2) is 62.2 Å². The van der Waals surface area contributed by atoms with Crippen molar-refractivity contribution in [2.75, 3.05) is 52.4 Å². The second-order valence-corrected chi connectivity index (χ2v) is 13.7. The maximum absolute atomic E-state index is 10.7. The first-order valence-corrected chi connectivity index (χ1v) is 17.0. The molecule has 0 unspecified atom stereocenters. The Balaban J connectivity index is 0.000000469. The topological polar surface area (TPSA) is 67.5 Å². The summed E-state index contributed by atoms with van der Waals surface area (Å²) in [5, 5.41) is 17.1. The van der Waals surface area contributed by atoms with E-state index in [0.717, 1.165) is 76.6 Å². The van der Waals surface area contributed by atoms with Gasteiger partial charge in [-0.1, -0.05) is 36.4 Å². The quantitative estimate of drug-likeness (QED) is 0.135. The van der Waals surface area contributed by atoms with Crippen molar-refractivity contribution in [3.05, 3.63) is 47.5 Å². The molecule has 2 aromatic carbocycles. The second-order valence-electron chi connectivity index (χ2n) is 9.88. The smallest absolute Gasteiger partial charge is 0.455 e. The predicted octanol–water partition coefficient (Wildman–Crippen LogP) is 9.69. The molecule has 45 heavy (non-hydrogen) atoms. The van der Waals surface area contributed by atoms with E-state index in [4.69, 9.17) is 9.68 Å². The van der Waals surface area contributed by atoms with Crippen LogP contribution in [0.3, 0.4) is 0 Å². The van der Waals surface area contributed by atoms with Gasteiger partial charge >= 0.3 is 83.0 Å². The Labute approximate surface area is 261 Å². The van der Waals surface area contributed by atoms with Crippen LogP contribution in [0.25, 0.3) is 21.9 Å². The summed E-state index contributed by atoms with van der Waals surface area (Å²) in [6.45, 7) is 11.7. The fraction of sp³-hybridized carbons (Fsp3) is 0.458. The summed E-state index contributed by atoms with van der Waals surface area (Å²) in [7, 11) is -21.3. The number of hydrogen-bond acceptors (Lipinski definition) is 6. The van der Waals surface area contributed by atoms with Crippen molar-refractivity contribution in [2.24, 2.45) is 0 Å². The van der Waals surface area contributed by atoms with Crippen LogP contribution in [-0.2, 0) is 30.2 Å². The number of halogens is 12. The fourth-order valence-electron chi connectivity index (χ4n) is 4.41. The maximum Gasteiger partial charge on any atom is 2.00 e. The molecule has 3 aromatic rings. The zero-order valence-electron chi connectivity index (χ0n) is 23.5. The molecular weight excluding hydrogens is 728 g/mol. The Hall–Kier alpha value is -1.89. The van der Waals surface area contributed by atoms with Crippen LogP contribution in [0, 0.1) is 11.3 Å². The van der Waals surface area contributed by atoms with Gasteiger partial charge in [0.15, 0.2) is 0 Å². The van der Waals surface area contributed by atoms with E-state index >= 15 is 0 Å². The van der Waals surface area contributed by atoms with E-state index in [-0.39, 0.29) is 17.1 Å². The maximum atomic E-state index is 9.87. The van der Waals surface area contributed by atoms with Crippen LogP contribution < -0.4 is 10.6 Å². The van der Waals surface area contributed by atoms with Crippen molar-refractivity contribution in [2.45, 2.75) is 20.0 Å². The van der Waals surface area contributed by atoms with Crippen molar-refractivity contribution in [3.63, 3.8) is 0 Å². The molecule has 1 radical (unpaired) electrons. The molecule has 1 aromatic heterocycles. The zero-order chi connectivity index (χ0) is 33.6. The van der Waals surface area contributed by atoms with Gasteiger partial charge in [-0.3, -0.25) is 9.80 Å². The van der Waals surface area contributed by atoms with E-state index in [2.05, 4.69) is 56.8 Å². The van der Waals surface area contributed by atoms with Gasteiger partial charge < -0.3 is 15.1 Å². The monoisotopic (exact) mass is 758 g/mol. The predicted molar refractivity (Wildman–Crippen MR) is 148 cm³/mol. The molecule has 1 saturated heterocycles. The summed E-state index contributed by atoms with van der Waals surface area (Å²) < 4.78 is 125. The largest absolute Gasteiger partial charge is 2.00 e. The van der Waals surface area contributed by atoms with Crippen LogP contribution >= 0.6 is 15.6 Å². The van der Waals surface area contributed by atoms with Crippen LogP contribution in [0.4, 0.5) is 50.4 Å². The molecule has 263 valence electrons. The van der Waals surface area contributed by atoms with Gasteiger partial charge in [-0.2, -0.15) is 5.26 Å². The molecule has 21 heteroatoms. The summed E-state index contributed by atoms with van der Waals surface area (Å²) in [6.07, 6.45) is 0. The normalized spacial score (nSPS) is 22.2. The van der Waals surface area contributed by atoms with Gasteiger partial charge in [0.1, 0.15) is 11.2 Å². The molecule has 6 rings (SSSR count). The average molecular weight is 759 g/mol. The Morgan fingerprint density at radius 3 is 1.16 bits per heavy atom. The standard InChI is InChI=1S/C22H28N4O.C2H3N.Cu.2F6P/c1-3-17-15-25-11-7-23-9-13-26(14-10-24-8-12-25)16-18-4-2-6-20-19(5-1)21(17)27-22(18)20;1-2-3;;2*1-7(2,3,4,5)6/h1-6,23-24H,7-16H2;1H3;;;/q;;+2;2*-1. The number of rotatable bonds is 0. The van der Waals surface area contributed by atoms with Gasteiger partial charge in [0.2, 0.25) is 0 Å². The first-order chi connectivity index (χ1) is 19.7. The molecule has 4 heterocycles. The molecular formula is C24H31CuF12N5OP2. The third kappa shape index (κ3) is 20.1. The Morgan fingerprint density at radius 2 is 0.889 bits per heavy atom. The average Bonchev–Trinajstić information content (AvgIpc) is 3.19. The van der Waals surface area contributed by atoms with Crippen LogP contribution in [0.5, 0.6) is 0 Å². The molecule has 0 spiro atoms. The summed E-state index contributed by atoms with van der Waals surface area (Å²) in [5.74, 6) is 0. The van der Waals surface area contributed by atoms with Crippen molar-refractivity contribution in [3.8, 4) is 6.07 Å². The molecule has 1 fully saturated rings. The first-order valence-electron chi connectivity index (χ1n) is 12.9. The minimum atomic E-state index is -10.7. The van der Waals surface area contributed by atoms with Gasteiger partial charge in [0, 0.05) is 94.3 Å². The summed E-state index contributed by atoms with van der Waals surface area (Å²) in [5.41, 5.74) is 4.71. The summed E-state index contributed by atoms with van der Waals surface area (Å²) in [4.78, 5) is 5.07. The van der Waals surface area contributed by atoms with Gasteiger partial charge in [-0.15, -0.1) is 0 Å². The molecule has 3 aliphatic rings. The number of hydrogen-bond donors (Lipinski definition) is 2. The van der Waals surface area contributed by atoms with E-state index in [0.29, 0.717) is 0 Å². The SMILES string of the molecule is CC#N.F[P-](F)(F)(F)(F)F.F[P-](F)(F)(F)(F)F.[Cu+2].c1cc2c3oc4c(cccc4c3c1)CN1CCNCCN(CCNCC1)C2. The van der Waals surface area contributed by atoms with Gasteiger partial charge in [0.05, 0.1) is 6.07 Å². The third-order valence-electron chi connectivity index (χ3n) is 5.89. The molecule has 0 amide bonds. The van der Waals surface area contributed by atoms with Crippen LogP contribution in [0.15, 0.2) is 40.8 Å². The number of fused-ring (bicyclic) bond motifs is 9. The Kier molecular flexibility index (Phi) is 12.5. The third-order valence-corrected chi connectivity index (χ3v) is 5.89. The molecule has 2 N–H and O–H groups in total. The van der Waals surface area contributed by atoms with Gasteiger partial charge in [0.25, 0.3) is 0 Å². The molecule has 0 saturated carbocycles. The van der Waals surface area contributed by atoms with Crippen molar-refractivity contribution in [1.82, 2.24) is 20.4 Å². The second kappa shape index (κ2) is 13.7. The van der Waals surface area contributed by atoms with Gasteiger partial charge in [-0.05, 0) is 0 Å². The van der Waals surface area contributed by atoms with E-state index in [9.17, 15) is 50.4 Å². The summed E-state index contributed by atoms with van der Waals surface area (Å²) >= 11 is 0. The molecule has 6 nitrogen and oxygen atoms in total.